The molecule has 7 nitrogen and oxygen atoms in total. The summed E-state index contributed by atoms with van der Waals surface area (Å²) in [6, 6.07) is 6.58. The molecule has 116 valence electrons. The summed E-state index contributed by atoms with van der Waals surface area (Å²) in [6.45, 7) is 0.782. The molecule has 1 aromatic rings. The Bertz CT molecular complexity index is 643. The van der Waals surface area contributed by atoms with E-state index in [0.717, 1.165) is 9.37 Å². The van der Waals surface area contributed by atoms with Gasteiger partial charge in [-0.05, 0) is 31.2 Å². The van der Waals surface area contributed by atoms with Gasteiger partial charge in [0.15, 0.2) is 0 Å². The molecule has 2 aliphatic heterocycles. The van der Waals surface area contributed by atoms with Gasteiger partial charge < -0.3 is 16.0 Å². The second kappa shape index (κ2) is 5.69. The Kier molecular flexibility index (Phi) is 3.88. The molecule has 2 heterocycles. The first-order valence-electron chi connectivity index (χ1n) is 6.90. The second-order valence-corrected chi connectivity index (χ2v) is 6.30. The summed E-state index contributed by atoms with van der Waals surface area (Å²) >= 11 is 3.31. The van der Waals surface area contributed by atoms with Crippen LogP contribution < -0.4 is 16.0 Å². The van der Waals surface area contributed by atoms with E-state index < -0.39 is 17.5 Å². The first kappa shape index (κ1) is 15.0. The van der Waals surface area contributed by atoms with E-state index in [9.17, 15) is 14.4 Å². The van der Waals surface area contributed by atoms with Crippen molar-refractivity contribution >= 4 is 39.5 Å². The Hall–Kier alpha value is -1.93. The van der Waals surface area contributed by atoms with Crippen LogP contribution in [0, 0.1) is 0 Å². The molecule has 4 amide bonds. The monoisotopic (exact) mass is 366 g/mol. The van der Waals surface area contributed by atoms with Crippen molar-refractivity contribution in [3.63, 3.8) is 0 Å². The molecule has 0 saturated carbocycles. The van der Waals surface area contributed by atoms with Crippen molar-refractivity contribution < 1.29 is 14.4 Å². The smallest absolute Gasteiger partial charge is 0.324 e. The van der Waals surface area contributed by atoms with Gasteiger partial charge in [-0.15, -0.1) is 0 Å². The summed E-state index contributed by atoms with van der Waals surface area (Å²) < 4.78 is 0.830. The summed E-state index contributed by atoms with van der Waals surface area (Å²) in [5, 5.41) is 8.42. The van der Waals surface area contributed by atoms with Gasteiger partial charge in [-0.3, -0.25) is 14.5 Å². The lowest BCUT2D eigenvalue weighted by Gasteiger charge is -2.19. The molecule has 2 aliphatic rings. The van der Waals surface area contributed by atoms with Crippen LogP contribution in [0.2, 0.25) is 0 Å². The summed E-state index contributed by atoms with van der Waals surface area (Å²) in [7, 11) is 0. The second-order valence-electron chi connectivity index (χ2n) is 5.39. The van der Waals surface area contributed by atoms with Crippen molar-refractivity contribution in [3.8, 4) is 0 Å². The maximum Gasteiger partial charge on any atom is 0.325 e. The normalized spacial score (nSPS) is 24.0. The van der Waals surface area contributed by atoms with Crippen molar-refractivity contribution in [2.24, 2.45) is 0 Å². The third-order valence-corrected chi connectivity index (χ3v) is 4.30. The van der Waals surface area contributed by atoms with Crippen molar-refractivity contribution in [2.45, 2.75) is 12.0 Å². The van der Waals surface area contributed by atoms with Crippen molar-refractivity contribution in [1.82, 2.24) is 15.5 Å². The zero-order chi connectivity index (χ0) is 15.7. The quantitative estimate of drug-likeness (QED) is 0.685. The molecular weight excluding hydrogens is 352 g/mol. The van der Waals surface area contributed by atoms with E-state index in [2.05, 4.69) is 31.9 Å². The number of nitrogens with zero attached hydrogens (tertiary/aromatic N) is 1. The lowest BCUT2D eigenvalue weighted by Crippen LogP contribution is -2.49. The van der Waals surface area contributed by atoms with E-state index in [4.69, 9.17) is 0 Å². The number of benzene rings is 1. The van der Waals surface area contributed by atoms with E-state index in [1.165, 1.54) is 0 Å². The van der Waals surface area contributed by atoms with Crippen molar-refractivity contribution in [2.75, 3.05) is 25.0 Å². The molecule has 0 aromatic heterocycles. The van der Waals surface area contributed by atoms with Crippen LogP contribution in [0.3, 0.4) is 0 Å². The average molecular weight is 367 g/mol. The van der Waals surface area contributed by atoms with Crippen LogP contribution in [0.5, 0.6) is 0 Å². The third kappa shape index (κ3) is 2.71. The summed E-state index contributed by atoms with van der Waals surface area (Å²) in [5.74, 6) is -0.753. The van der Waals surface area contributed by atoms with Gasteiger partial charge in [-0.2, -0.15) is 0 Å². The van der Waals surface area contributed by atoms with Gasteiger partial charge in [0.05, 0.1) is 0 Å². The predicted molar refractivity (Wildman–Crippen MR) is 83.2 cm³/mol. The van der Waals surface area contributed by atoms with Crippen LogP contribution >= 0.6 is 15.9 Å². The van der Waals surface area contributed by atoms with Gasteiger partial charge in [0.25, 0.3) is 5.91 Å². The molecule has 1 unspecified atom stereocenters. The Balaban J connectivity index is 1.66. The number of carbonyl (C=O) groups excluding carboxylic acids is 3. The van der Waals surface area contributed by atoms with Gasteiger partial charge in [0.2, 0.25) is 5.91 Å². The Labute approximate surface area is 135 Å². The summed E-state index contributed by atoms with van der Waals surface area (Å²) in [6.07, 6.45) is 0.543. The fraction of sp³-hybridized carbons (Fsp3) is 0.357. The van der Waals surface area contributed by atoms with Gasteiger partial charge in [-0.25, -0.2) is 4.79 Å². The van der Waals surface area contributed by atoms with Gasteiger partial charge in [-0.1, -0.05) is 22.0 Å². The molecule has 2 fully saturated rings. The number of anilines is 1. The largest absolute Gasteiger partial charge is 0.325 e. The highest BCUT2D eigenvalue weighted by Gasteiger charge is 2.52. The molecule has 1 atom stereocenters. The van der Waals surface area contributed by atoms with Crippen molar-refractivity contribution in [1.29, 1.82) is 0 Å². The number of halogens is 1. The number of nitrogens with one attached hydrogen (secondary N) is 3. The van der Waals surface area contributed by atoms with Gasteiger partial charge >= 0.3 is 6.03 Å². The number of carbonyl (C=O) groups is 3. The number of urea groups is 1. The number of hydrogen-bond acceptors (Lipinski definition) is 4. The lowest BCUT2D eigenvalue weighted by molar-refractivity contribution is -0.133. The average Bonchev–Trinajstić information content (AvgIpc) is 3.01. The molecule has 3 rings (SSSR count). The Morgan fingerprint density at radius 2 is 2.23 bits per heavy atom. The van der Waals surface area contributed by atoms with Crippen LogP contribution in [0.25, 0.3) is 0 Å². The van der Waals surface area contributed by atoms with Gasteiger partial charge in [0.1, 0.15) is 12.1 Å². The first-order valence-corrected chi connectivity index (χ1v) is 7.70. The molecule has 3 N–H and O–H groups in total. The molecule has 1 spiro atoms. The lowest BCUT2D eigenvalue weighted by atomic mass is 9.99. The van der Waals surface area contributed by atoms with E-state index in [-0.39, 0.29) is 12.5 Å². The fourth-order valence-corrected chi connectivity index (χ4v) is 3.11. The Morgan fingerprint density at radius 1 is 1.41 bits per heavy atom. The standard InChI is InChI=1S/C14H15BrN4O3/c15-9-2-1-3-10(6-9)17-11(20)7-19-12(21)14(18-13(19)22)4-5-16-8-14/h1-3,6,16H,4-5,7-8H2,(H,17,20)(H,18,22). The SMILES string of the molecule is O=C(CN1C(=O)NC2(CCNC2)C1=O)Nc1cccc(Br)c1. The molecule has 0 bridgehead atoms. The maximum atomic E-state index is 12.4. The minimum absolute atomic E-state index is 0.293. The van der Waals surface area contributed by atoms with Crippen LogP contribution in [-0.2, 0) is 9.59 Å². The Morgan fingerprint density at radius 3 is 2.91 bits per heavy atom. The number of hydrogen-bond donors (Lipinski definition) is 3. The number of rotatable bonds is 3. The van der Waals surface area contributed by atoms with Crippen LogP contribution in [0.15, 0.2) is 28.7 Å². The minimum atomic E-state index is -0.882. The highest BCUT2D eigenvalue weighted by Crippen LogP contribution is 2.24. The number of amides is 4. The van der Waals surface area contributed by atoms with E-state index in [1.54, 1.807) is 18.2 Å². The van der Waals surface area contributed by atoms with Crippen molar-refractivity contribution in [3.05, 3.63) is 28.7 Å². The molecule has 8 heteroatoms. The molecule has 22 heavy (non-hydrogen) atoms. The van der Waals surface area contributed by atoms with E-state index >= 15 is 0 Å². The zero-order valence-electron chi connectivity index (χ0n) is 11.7. The highest BCUT2D eigenvalue weighted by molar-refractivity contribution is 9.10. The molecular formula is C14H15BrN4O3. The molecule has 0 radical (unpaired) electrons. The highest BCUT2D eigenvalue weighted by atomic mass is 79.9. The van der Waals surface area contributed by atoms with Crippen LogP contribution in [0.1, 0.15) is 6.42 Å². The zero-order valence-corrected chi connectivity index (χ0v) is 13.3. The van der Waals surface area contributed by atoms with Gasteiger partial charge in [0, 0.05) is 16.7 Å². The molecule has 0 aliphatic carbocycles. The van der Waals surface area contributed by atoms with Crippen LogP contribution in [0.4, 0.5) is 10.5 Å². The molecule has 2 saturated heterocycles. The van der Waals surface area contributed by atoms with E-state index in [1.807, 2.05) is 6.07 Å². The first-order chi connectivity index (χ1) is 10.5. The summed E-state index contributed by atoms with van der Waals surface area (Å²) in [5.41, 5.74) is -0.281. The number of imide groups is 1. The fourth-order valence-electron chi connectivity index (χ4n) is 2.71. The maximum absolute atomic E-state index is 12.4. The molecule has 1 aromatic carbocycles. The summed E-state index contributed by atoms with van der Waals surface area (Å²) in [4.78, 5) is 37.4. The van der Waals surface area contributed by atoms with Crippen LogP contribution in [-0.4, -0.2) is 47.9 Å². The topological polar surface area (TPSA) is 90.5 Å². The predicted octanol–water partition coefficient (Wildman–Crippen LogP) is 0.672. The van der Waals surface area contributed by atoms with E-state index in [0.29, 0.717) is 25.2 Å². The third-order valence-electron chi connectivity index (χ3n) is 3.81. The minimum Gasteiger partial charge on any atom is -0.324 e.